The van der Waals surface area contributed by atoms with E-state index in [0.29, 0.717) is 28.8 Å². The lowest BCUT2D eigenvalue weighted by Crippen LogP contribution is -2.29. The molecule has 0 aliphatic carbocycles. The maximum atomic E-state index is 13.3. The van der Waals surface area contributed by atoms with E-state index in [1.807, 2.05) is 32.9 Å². The summed E-state index contributed by atoms with van der Waals surface area (Å²) in [6.07, 6.45) is 1.47. The largest absolute Gasteiger partial charge is 0.507 e. The number of Topliss-reactive ketones (excluding diaryl/α,β-unsaturated/α-hetero) is 1. The molecule has 3 heterocycles. The number of aryl methyl sites for hydroxylation is 2. The molecule has 34 heavy (non-hydrogen) atoms. The van der Waals surface area contributed by atoms with Crippen LogP contribution in [0.5, 0.6) is 5.75 Å². The topological polar surface area (TPSA) is 92.9 Å². The van der Waals surface area contributed by atoms with Crippen LogP contribution in [0.25, 0.3) is 16.0 Å². The predicted octanol–water partition coefficient (Wildman–Crippen LogP) is 5.53. The molecule has 1 atom stereocenters. The molecule has 172 valence electrons. The Labute approximate surface area is 199 Å². The number of hydrogen-bond donors (Lipinski definition) is 1. The normalized spacial score (nSPS) is 17.6. The van der Waals surface area contributed by atoms with E-state index in [2.05, 4.69) is 4.98 Å². The Balaban J connectivity index is 1.67. The van der Waals surface area contributed by atoms with Crippen LogP contribution >= 0.6 is 11.3 Å². The molecule has 1 aliphatic rings. The summed E-state index contributed by atoms with van der Waals surface area (Å²) in [5.74, 6) is -0.832. The number of fused-ring (bicyclic) bond motifs is 1. The minimum atomic E-state index is -0.941. The zero-order valence-electron chi connectivity index (χ0n) is 18.9. The molecule has 2 aromatic carbocycles. The molecule has 0 bridgehead atoms. The number of aliphatic hydroxyl groups excluding tert-OH is 1. The maximum Gasteiger partial charge on any atom is 0.302 e. The van der Waals surface area contributed by atoms with Crippen molar-refractivity contribution in [2.45, 2.75) is 26.8 Å². The molecule has 5 rings (SSSR count). The number of rotatable bonds is 5. The van der Waals surface area contributed by atoms with Crippen molar-refractivity contribution < 1.29 is 23.8 Å². The molecule has 0 spiro atoms. The van der Waals surface area contributed by atoms with Gasteiger partial charge in [-0.3, -0.25) is 14.5 Å². The summed E-state index contributed by atoms with van der Waals surface area (Å²) in [5, 5.41) is 11.5. The quantitative estimate of drug-likeness (QED) is 0.232. The van der Waals surface area contributed by atoms with Gasteiger partial charge in [0.1, 0.15) is 23.3 Å². The van der Waals surface area contributed by atoms with Gasteiger partial charge in [-0.05, 0) is 74.4 Å². The lowest BCUT2D eigenvalue weighted by atomic mass is 9.99. The van der Waals surface area contributed by atoms with E-state index in [1.54, 1.807) is 36.4 Å². The first-order chi connectivity index (χ1) is 16.4. The van der Waals surface area contributed by atoms with E-state index in [1.165, 1.54) is 22.5 Å². The summed E-state index contributed by atoms with van der Waals surface area (Å²) < 4.78 is 12.0. The van der Waals surface area contributed by atoms with Crippen LogP contribution in [-0.2, 0) is 9.59 Å². The SMILES string of the molecule is CCOc1ccc(C(O)=C2C(=O)C(=O)N(c3nc4c(C)cc(C)cc4s3)C2c2ccco2)cc1. The molecule has 4 aromatic rings. The van der Waals surface area contributed by atoms with E-state index in [4.69, 9.17) is 9.15 Å². The Hall–Kier alpha value is -3.91. The average Bonchev–Trinajstić information content (AvgIpc) is 3.53. The first-order valence-electron chi connectivity index (χ1n) is 10.8. The predicted molar refractivity (Wildman–Crippen MR) is 130 cm³/mol. The average molecular weight is 475 g/mol. The van der Waals surface area contributed by atoms with E-state index < -0.39 is 17.7 Å². The number of carbonyl (C=O) groups is 2. The number of ketones is 1. The molecule has 0 radical (unpaired) electrons. The van der Waals surface area contributed by atoms with Gasteiger partial charge in [0.2, 0.25) is 0 Å². The van der Waals surface area contributed by atoms with Gasteiger partial charge in [0.25, 0.3) is 5.78 Å². The van der Waals surface area contributed by atoms with Crippen molar-refractivity contribution in [3.63, 3.8) is 0 Å². The third kappa shape index (κ3) is 3.56. The number of benzene rings is 2. The fourth-order valence-electron chi connectivity index (χ4n) is 4.24. The second-order valence-electron chi connectivity index (χ2n) is 8.07. The Morgan fingerprint density at radius 3 is 2.62 bits per heavy atom. The lowest BCUT2D eigenvalue weighted by Gasteiger charge is -2.20. The van der Waals surface area contributed by atoms with E-state index >= 15 is 0 Å². The highest BCUT2D eigenvalue weighted by Crippen LogP contribution is 2.44. The number of aliphatic hydroxyl groups is 1. The molecule has 1 N–H and O–H groups in total. The van der Waals surface area contributed by atoms with Gasteiger partial charge in [-0.1, -0.05) is 17.4 Å². The number of carbonyl (C=O) groups excluding carboxylic acids is 2. The number of aromatic nitrogens is 1. The Morgan fingerprint density at radius 1 is 1.18 bits per heavy atom. The van der Waals surface area contributed by atoms with Gasteiger partial charge in [0.15, 0.2) is 5.13 Å². The zero-order chi connectivity index (χ0) is 24.0. The van der Waals surface area contributed by atoms with Crippen molar-refractivity contribution in [3.05, 3.63) is 82.8 Å². The third-order valence-electron chi connectivity index (χ3n) is 5.72. The van der Waals surface area contributed by atoms with Gasteiger partial charge in [0.05, 0.1) is 28.7 Å². The minimum absolute atomic E-state index is 0.0451. The number of hydrogen-bond acceptors (Lipinski definition) is 7. The van der Waals surface area contributed by atoms with Gasteiger partial charge in [-0.15, -0.1) is 0 Å². The molecule has 1 saturated heterocycles. The molecular formula is C26H22N2O5S. The van der Waals surface area contributed by atoms with Crippen molar-refractivity contribution >= 4 is 44.1 Å². The van der Waals surface area contributed by atoms with Crippen molar-refractivity contribution in [2.24, 2.45) is 0 Å². The fraction of sp³-hybridized carbons (Fsp3) is 0.192. The zero-order valence-corrected chi connectivity index (χ0v) is 19.7. The monoisotopic (exact) mass is 474 g/mol. The van der Waals surface area contributed by atoms with Crippen LogP contribution < -0.4 is 9.64 Å². The van der Waals surface area contributed by atoms with Crippen LogP contribution in [0.4, 0.5) is 5.13 Å². The summed E-state index contributed by atoms with van der Waals surface area (Å²) >= 11 is 1.33. The van der Waals surface area contributed by atoms with E-state index in [9.17, 15) is 14.7 Å². The van der Waals surface area contributed by atoms with Crippen molar-refractivity contribution in [1.29, 1.82) is 0 Å². The molecule has 1 fully saturated rings. The number of furan rings is 1. The Kier molecular flexibility index (Phi) is 5.45. The summed E-state index contributed by atoms with van der Waals surface area (Å²) in [5.41, 5.74) is 3.20. The maximum absolute atomic E-state index is 13.3. The van der Waals surface area contributed by atoms with Crippen LogP contribution in [0.3, 0.4) is 0 Å². The van der Waals surface area contributed by atoms with Crippen LogP contribution in [0.1, 0.15) is 35.4 Å². The highest BCUT2D eigenvalue weighted by atomic mass is 32.1. The highest BCUT2D eigenvalue weighted by molar-refractivity contribution is 7.22. The number of amides is 1. The fourth-order valence-corrected chi connectivity index (χ4v) is 5.41. The molecule has 1 unspecified atom stereocenters. The molecule has 7 nitrogen and oxygen atoms in total. The second kappa shape index (κ2) is 8.46. The smallest absolute Gasteiger partial charge is 0.302 e. The van der Waals surface area contributed by atoms with E-state index in [0.717, 1.165) is 21.3 Å². The molecule has 1 aliphatic heterocycles. The number of thiazole rings is 1. The third-order valence-corrected chi connectivity index (χ3v) is 6.72. The van der Waals surface area contributed by atoms with Crippen molar-refractivity contribution in [1.82, 2.24) is 4.98 Å². The second-order valence-corrected chi connectivity index (χ2v) is 9.08. The van der Waals surface area contributed by atoms with Gasteiger partial charge in [-0.25, -0.2) is 4.98 Å². The van der Waals surface area contributed by atoms with Gasteiger partial charge in [0, 0.05) is 5.56 Å². The Bertz CT molecular complexity index is 1430. The van der Waals surface area contributed by atoms with Crippen LogP contribution in [-0.4, -0.2) is 28.4 Å². The van der Waals surface area contributed by atoms with Gasteiger partial charge in [-0.2, -0.15) is 0 Å². The molecule has 1 amide bonds. The number of nitrogens with zero attached hydrogens (tertiary/aromatic N) is 2. The standard InChI is InChI=1S/C26H22N2O5S/c1-4-32-17-9-7-16(8-10-17)23(29)20-22(18-6-5-11-33-18)28(25(31)24(20)30)26-27-21-15(3)12-14(2)13-19(21)34-26/h5-13,22,29H,4H2,1-3H3. The minimum Gasteiger partial charge on any atom is -0.507 e. The van der Waals surface area contributed by atoms with Crippen LogP contribution in [0.2, 0.25) is 0 Å². The van der Waals surface area contributed by atoms with Crippen molar-refractivity contribution in [3.8, 4) is 5.75 Å². The first kappa shape index (κ1) is 21.9. The summed E-state index contributed by atoms with van der Waals surface area (Å²) in [6, 6.07) is 13.1. The van der Waals surface area contributed by atoms with Gasteiger partial charge < -0.3 is 14.3 Å². The summed E-state index contributed by atoms with van der Waals surface area (Å²) in [6.45, 7) is 6.35. The first-order valence-corrected chi connectivity index (χ1v) is 11.7. The highest BCUT2D eigenvalue weighted by Gasteiger charge is 2.49. The van der Waals surface area contributed by atoms with Crippen molar-refractivity contribution in [2.75, 3.05) is 11.5 Å². The molecule has 2 aromatic heterocycles. The Morgan fingerprint density at radius 2 is 1.94 bits per heavy atom. The van der Waals surface area contributed by atoms with Crippen LogP contribution in [0, 0.1) is 13.8 Å². The summed E-state index contributed by atoms with van der Waals surface area (Å²) in [4.78, 5) is 32.5. The lowest BCUT2D eigenvalue weighted by molar-refractivity contribution is -0.132. The van der Waals surface area contributed by atoms with E-state index in [-0.39, 0.29) is 11.3 Å². The number of ether oxygens (including phenoxy) is 1. The number of anilines is 1. The summed E-state index contributed by atoms with van der Waals surface area (Å²) in [7, 11) is 0. The molecular weight excluding hydrogens is 452 g/mol. The van der Waals surface area contributed by atoms with Crippen LogP contribution in [0.15, 0.2) is 64.8 Å². The molecule has 0 saturated carbocycles. The molecule has 8 heteroatoms. The van der Waals surface area contributed by atoms with Gasteiger partial charge >= 0.3 is 5.91 Å².